The van der Waals surface area contributed by atoms with E-state index < -0.39 is 20.0 Å². The fraction of sp³-hybridized carbons (Fsp3) is 0.538. The number of ether oxygens (including phenoxy) is 1. The summed E-state index contributed by atoms with van der Waals surface area (Å²) >= 11 is 0. The van der Waals surface area contributed by atoms with Gasteiger partial charge in [0, 0.05) is 20.1 Å². The first-order chi connectivity index (χ1) is 10.2. The Balaban J connectivity index is 2.52. The lowest BCUT2D eigenvalue weighted by Gasteiger charge is -2.21. The number of benzene rings is 1. The van der Waals surface area contributed by atoms with Crippen molar-refractivity contribution in [2.75, 3.05) is 37.8 Å². The van der Waals surface area contributed by atoms with E-state index in [0.717, 1.165) is 23.4 Å². The second-order valence-corrected chi connectivity index (χ2v) is 9.13. The van der Waals surface area contributed by atoms with Crippen LogP contribution < -0.4 is 9.04 Å². The fourth-order valence-corrected chi connectivity index (χ4v) is 4.37. The Kier molecular flexibility index (Phi) is 4.69. The van der Waals surface area contributed by atoms with Crippen LogP contribution in [0.3, 0.4) is 0 Å². The molecule has 1 aliphatic heterocycles. The van der Waals surface area contributed by atoms with Crippen molar-refractivity contribution in [2.24, 2.45) is 0 Å². The summed E-state index contributed by atoms with van der Waals surface area (Å²) in [5.74, 6) is 0.299. The normalized spacial score (nSPS) is 16.7. The van der Waals surface area contributed by atoms with Gasteiger partial charge in [0.1, 0.15) is 5.75 Å². The van der Waals surface area contributed by atoms with E-state index in [2.05, 4.69) is 0 Å². The smallest absolute Gasteiger partial charge is 0.243 e. The highest BCUT2D eigenvalue weighted by atomic mass is 32.2. The topological polar surface area (TPSA) is 84.0 Å². The lowest BCUT2D eigenvalue weighted by molar-refractivity contribution is 0.415. The number of hydrogen-bond acceptors (Lipinski definition) is 5. The Morgan fingerprint density at radius 3 is 2.23 bits per heavy atom. The predicted octanol–water partition coefficient (Wildman–Crippen LogP) is 0.876. The third kappa shape index (κ3) is 3.21. The lowest BCUT2D eigenvalue weighted by atomic mass is 10.3. The fourth-order valence-electron chi connectivity index (χ4n) is 2.33. The van der Waals surface area contributed by atoms with Gasteiger partial charge in [0.15, 0.2) is 0 Å². The van der Waals surface area contributed by atoms with Crippen molar-refractivity contribution < 1.29 is 21.6 Å². The molecule has 2 rings (SSSR count). The van der Waals surface area contributed by atoms with Crippen LogP contribution in [0, 0.1) is 0 Å². The SMILES string of the molecule is COc1ccc(S(=O)(=O)N2CCCC2)cc1N(C)S(C)(=O)=O. The highest BCUT2D eigenvalue weighted by molar-refractivity contribution is 7.92. The molecule has 22 heavy (non-hydrogen) atoms. The van der Waals surface area contributed by atoms with E-state index in [4.69, 9.17) is 4.74 Å². The molecule has 0 N–H and O–H groups in total. The van der Waals surface area contributed by atoms with Gasteiger partial charge in [-0.1, -0.05) is 0 Å². The second kappa shape index (κ2) is 6.05. The predicted molar refractivity (Wildman–Crippen MR) is 84.2 cm³/mol. The zero-order chi connectivity index (χ0) is 16.5. The average Bonchev–Trinajstić information content (AvgIpc) is 2.99. The highest BCUT2D eigenvalue weighted by Crippen LogP contribution is 2.33. The van der Waals surface area contributed by atoms with Gasteiger partial charge >= 0.3 is 0 Å². The van der Waals surface area contributed by atoms with Crippen LogP contribution in [0.2, 0.25) is 0 Å². The molecule has 0 atom stereocenters. The Labute approximate surface area is 131 Å². The van der Waals surface area contributed by atoms with E-state index in [0.29, 0.717) is 18.8 Å². The molecule has 1 heterocycles. The van der Waals surface area contributed by atoms with Gasteiger partial charge in [-0.3, -0.25) is 4.31 Å². The molecule has 0 spiro atoms. The van der Waals surface area contributed by atoms with E-state index in [1.165, 1.54) is 36.7 Å². The van der Waals surface area contributed by atoms with E-state index in [9.17, 15) is 16.8 Å². The lowest BCUT2D eigenvalue weighted by Crippen LogP contribution is -2.29. The monoisotopic (exact) mass is 348 g/mol. The van der Waals surface area contributed by atoms with Crippen molar-refractivity contribution in [3.63, 3.8) is 0 Å². The molecule has 7 nitrogen and oxygen atoms in total. The van der Waals surface area contributed by atoms with Gasteiger partial charge in [0.05, 0.1) is 23.9 Å². The summed E-state index contributed by atoms with van der Waals surface area (Å²) in [7, 11) is -4.37. The van der Waals surface area contributed by atoms with Gasteiger partial charge in [-0.25, -0.2) is 16.8 Å². The molecule has 1 saturated heterocycles. The molecule has 124 valence electrons. The van der Waals surface area contributed by atoms with Crippen LogP contribution in [0.15, 0.2) is 23.1 Å². The van der Waals surface area contributed by atoms with Crippen LogP contribution in [0.25, 0.3) is 0 Å². The summed E-state index contributed by atoms with van der Waals surface area (Å²) in [6.45, 7) is 0.983. The molecule has 0 saturated carbocycles. The number of methoxy groups -OCH3 is 1. The third-order valence-corrected chi connectivity index (χ3v) is 6.78. The average molecular weight is 348 g/mol. The summed E-state index contributed by atoms with van der Waals surface area (Å²) in [5, 5.41) is 0. The van der Waals surface area contributed by atoms with Crippen LogP contribution in [0.4, 0.5) is 5.69 Å². The minimum Gasteiger partial charge on any atom is -0.495 e. The minimum atomic E-state index is -3.61. The van der Waals surface area contributed by atoms with Gasteiger partial charge in [-0.2, -0.15) is 4.31 Å². The molecule has 0 amide bonds. The van der Waals surface area contributed by atoms with Crippen molar-refractivity contribution in [2.45, 2.75) is 17.7 Å². The van der Waals surface area contributed by atoms with Gasteiger partial charge in [-0.05, 0) is 31.0 Å². The summed E-state index contributed by atoms with van der Waals surface area (Å²) in [4.78, 5) is 0.0701. The Morgan fingerprint density at radius 1 is 1.14 bits per heavy atom. The number of rotatable bonds is 5. The van der Waals surface area contributed by atoms with Crippen LogP contribution in [-0.2, 0) is 20.0 Å². The quantitative estimate of drug-likeness (QED) is 0.788. The summed E-state index contributed by atoms with van der Waals surface area (Å²) in [6, 6.07) is 4.25. The van der Waals surface area contributed by atoms with Crippen molar-refractivity contribution in [3.8, 4) is 5.75 Å². The van der Waals surface area contributed by atoms with Crippen molar-refractivity contribution in [3.05, 3.63) is 18.2 Å². The van der Waals surface area contributed by atoms with Crippen LogP contribution in [-0.4, -0.2) is 54.6 Å². The number of hydrogen-bond donors (Lipinski definition) is 0. The summed E-state index contributed by atoms with van der Waals surface area (Å²) < 4.78 is 56.2. The molecular weight excluding hydrogens is 328 g/mol. The summed E-state index contributed by atoms with van der Waals surface area (Å²) in [5.41, 5.74) is 0.199. The molecule has 0 aliphatic carbocycles. The molecule has 9 heteroatoms. The van der Waals surface area contributed by atoms with E-state index in [-0.39, 0.29) is 10.6 Å². The molecule has 1 aliphatic rings. The molecule has 0 bridgehead atoms. The van der Waals surface area contributed by atoms with Gasteiger partial charge in [-0.15, -0.1) is 0 Å². The molecular formula is C13H20N2O5S2. The molecule has 1 aromatic rings. The first-order valence-electron chi connectivity index (χ1n) is 6.80. The minimum absolute atomic E-state index is 0.0701. The maximum Gasteiger partial charge on any atom is 0.243 e. The first kappa shape index (κ1) is 17.0. The third-order valence-electron chi connectivity index (χ3n) is 3.69. The second-order valence-electron chi connectivity index (χ2n) is 5.18. The summed E-state index contributed by atoms with van der Waals surface area (Å²) in [6.07, 6.45) is 2.73. The number of sulfonamides is 2. The van der Waals surface area contributed by atoms with Crippen LogP contribution in [0.1, 0.15) is 12.8 Å². The molecule has 1 fully saturated rings. The zero-order valence-corrected chi connectivity index (χ0v) is 14.4. The maximum absolute atomic E-state index is 12.6. The molecule has 0 aromatic heterocycles. The molecule has 0 radical (unpaired) electrons. The van der Waals surface area contributed by atoms with Gasteiger partial charge in [0.25, 0.3) is 0 Å². The standard InChI is InChI=1S/C13H20N2O5S2/c1-14(21(3,16)17)12-10-11(6-7-13(12)20-2)22(18,19)15-8-4-5-9-15/h6-7,10H,4-5,8-9H2,1-3H3. The van der Waals surface area contributed by atoms with Crippen LogP contribution >= 0.6 is 0 Å². The van der Waals surface area contributed by atoms with E-state index in [1.54, 1.807) is 0 Å². The van der Waals surface area contributed by atoms with E-state index in [1.807, 2.05) is 0 Å². The molecule has 1 aromatic carbocycles. The highest BCUT2D eigenvalue weighted by Gasteiger charge is 2.29. The Bertz CT molecular complexity index is 753. The van der Waals surface area contributed by atoms with Gasteiger partial charge in [0.2, 0.25) is 20.0 Å². The first-order valence-corrected chi connectivity index (χ1v) is 10.1. The van der Waals surface area contributed by atoms with Gasteiger partial charge < -0.3 is 4.74 Å². The number of anilines is 1. The maximum atomic E-state index is 12.6. The zero-order valence-electron chi connectivity index (χ0n) is 12.8. The Hall–Kier alpha value is -1.32. The largest absolute Gasteiger partial charge is 0.495 e. The van der Waals surface area contributed by atoms with Crippen LogP contribution in [0.5, 0.6) is 5.75 Å². The van der Waals surface area contributed by atoms with E-state index >= 15 is 0 Å². The van der Waals surface area contributed by atoms with Crippen molar-refractivity contribution in [1.82, 2.24) is 4.31 Å². The van der Waals surface area contributed by atoms with Crippen molar-refractivity contribution in [1.29, 1.82) is 0 Å². The Morgan fingerprint density at radius 2 is 1.73 bits per heavy atom. The number of nitrogens with zero attached hydrogens (tertiary/aromatic N) is 2. The van der Waals surface area contributed by atoms with Crippen molar-refractivity contribution >= 4 is 25.7 Å². The molecule has 0 unspecified atom stereocenters.